The minimum Gasteiger partial charge on any atom is -0.481 e. The lowest BCUT2D eigenvalue weighted by Gasteiger charge is -2.23. The van der Waals surface area contributed by atoms with Crippen molar-refractivity contribution in [3.8, 4) is 0 Å². The molecule has 3 N–H and O–H groups in total. The highest BCUT2D eigenvalue weighted by Gasteiger charge is 2.41. The van der Waals surface area contributed by atoms with Crippen LogP contribution in [0.15, 0.2) is 0 Å². The standard InChI is InChI=1S/C36H68O7/c1-3-5-7-9-11-13-15-16-17-19-21-23-25-27-29-32(28-26-24-22-20-18-14-12-10-8-6-4-2)43-34(39)31-36(42,35(40)41)30-33(37)38/h32,42H,3-31H2,1-2H3,(H,37,38)(H,40,41). The van der Waals surface area contributed by atoms with Crippen LogP contribution in [0.1, 0.15) is 200 Å². The van der Waals surface area contributed by atoms with Crippen molar-refractivity contribution in [2.75, 3.05) is 0 Å². The number of aliphatic hydroxyl groups is 1. The fourth-order valence-electron chi connectivity index (χ4n) is 5.80. The predicted octanol–water partition coefficient (Wildman–Crippen LogP) is 10.2. The van der Waals surface area contributed by atoms with Crippen LogP contribution in [0.25, 0.3) is 0 Å². The zero-order valence-electron chi connectivity index (χ0n) is 28.1. The van der Waals surface area contributed by atoms with Crippen molar-refractivity contribution in [2.45, 2.75) is 212 Å². The molecule has 0 radical (unpaired) electrons. The van der Waals surface area contributed by atoms with E-state index >= 15 is 0 Å². The van der Waals surface area contributed by atoms with Gasteiger partial charge in [0.2, 0.25) is 0 Å². The Bertz CT molecular complexity index is 681. The molecule has 7 heteroatoms. The van der Waals surface area contributed by atoms with Gasteiger partial charge in [-0.2, -0.15) is 0 Å². The Labute approximate surface area is 263 Å². The van der Waals surface area contributed by atoms with E-state index in [1.165, 1.54) is 122 Å². The first-order chi connectivity index (χ1) is 20.7. The Morgan fingerprint density at radius 3 is 1.09 bits per heavy atom. The highest BCUT2D eigenvalue weighted by Crippen LogP contribution is 2.22. The first-order valence-corrected chi connectivity index (χ1v) is 18.1. The van der Waals surface area contributed by atoms with Crippen molar-refractivity contribution in [3.63, 3.8) is 0 Å². The Hall–Kier alpha value is -1.63. The monoisotopic (exact) mass is 612 g/mol. The van der Waals surface area contributed by atoms with E-state index in [4.69, 9.17) is 9.84 Å². The largest absolute Gasteiger partial charge is 0.481 e. The summed E-state index contributed by atoms with van der Waals surface area (Å²) in [7, 11) is 0. The van der Waals surface area contributed by atoms with Crippen LogP contribution in [0.4, 0.5) is 0 Å². The third-order valence-corrected chi connectivity index (χ3v) is 8.59. The van der Waals surface area contributed by atoms with Crippen molar-refractivity contribution >= 4 is 17.9 Å². The smallest absolute Gasteiger partial charge is 0.336 e. The van der Waals surface area contributed by atoms with Gasteiger partial charge in [0.15, 0.2) is 5.60 Å². The second-order valence-corrected chi connectivity index (χ2v) is 12.9. The molecule has 0 aliphatic heterocycles. The number of aliphatic carboxylic acids is 2. The summed E-state index contributed by atoms with van der Waals surface area (Å²) in [5.41, 5.74) is -2.65. The van der Waals surface area contributed by atoms with Gasteiger partial charge in [-0.05, 0) is 25.7 Å². The van der Waals surface area contributed by atoms with Gasteiger partial charge in [0.25, 0.3) is 0 Å². The molecule has 0 saturated heterocycles. The summed E-state index contributed by atoms with van der Waals surface area (Å²) in [5, 5.41) is 28.5. The molecule has 0 spiro atoms. The molecular weight excluding hydrogens is 544 g/mol. The predicted molar refractivity (Wildman–Crippen MR) is 175 cm³/mol. The molecule has 254 valence electrons. The second kappa shape index (κ2) is 29.1. The molecule has 0 bridgehead atoms. The average molecular weight is 613 g/mol. The summed E-state index contributed by atoms with van der Waals surface area (Å²) in [6.07, 6.45) is 30.6. The summed E-state index contributed by atoms with van der Waals surface area (Å²) in [6.45, 7) is 4.49. The number of carbonyl (C=O) groups excluding carboxylic acids is 1. The van der Waals surface area contributed by atoms with Gasteiger partial charge >= 0.3 is 17.9 Å². The average Bonchev–Trinajstić information content (AvgIpc) is 2.95. The molecule has 0 fully saturated rings. The molecule has 0 amide bonds. The summed E-state index contributed by atoms with van der Waals surface area (Å²) in [6, 6.07) is 0. The van der Waals surface area contributed by atoms with Crippen LogP contribution < -0.4 is 0 Å². The maximum Gasteiger partial charge on any atom is 0.336 e. The molecule has 0 aliphatic rings. The molecule has 0 aromatic rings. The van der Waals surface area contributed by atoms with E-state index in [2.05, 4.69) is 13.8 Å². The van der Waals surface area contributed by atoms with Crippen molar-refractivity contribution in [1.82, 2.24) is 0 Å². The third-order valence-electron chi connectivity index (χ3n) is 8.59. The minimum absolute atomic E-state index is 0.328. The Balaban J connectivity index is 4.36. The van der Waals surface area contributed by atoms with E-state index in [0.717, 1.165) is 38.5 Å². The molecule has 0 aromatic carbocycles. The van der Waals surface area contributed by atoms with Crippen LogP contribution in [-0.2, 0) is 19.1 Å². The lowest BCUT2D eigenvalue weighted by Crippen LogP contribution is -2.43. The van der Waals surface area contributed by atoms with Gasteiger partial charge in [-0.3, -0.25) is 9.59 Å². The van der Waals surface area contributed by atoms with Crippen LogP contribution in [-0.4, -0.2) is 44.9 Å². The molecule has 2 unspecified atom stereocenters. The van der Waals surface area contributed by atoms with Crippen LogP contribution in [0.5, 0.6) is 0 Å². The fourth-order valence-corrected chi connectivity index (χ4v) is 5.80. The SMILES string of the molecule is CCCCCCCCCCCCCCCCC(CCCCCCCCCCCCC)OC(=O)CC(O)(CC(=O)O)C(=O)O. The van der Waals surface area contributed by atoms with E-state index in [-0.39, 0.29) is 6.10 Å². The molecule has 0 rings (SSSR count). The fraction of sp³-hybridized carbons (Fsp3) is 0.917. The van der Waals surface area contributed by atoms with E-state index in [0.29, 0.717) is 12.8 Å². The third kappa shape index (κ3) is 26.5. The number of ether oxygens (including phenoxy) is 1. The lowest BCUT2D eigenvalue weighted by atomic mass is 9.95. The van der Waals surface area contributed by atoms with Gasteiger partial charge in [0.1, 0.15) is 6.10 Å². The molecular formula is C36H68O7. The molecule has 7 nitrogen and oxygen atoms in total. The molecule has 0 aliphatic carbocycles. The minimum atomic E-state index is -2.65. The highest BCUT2D eigenvalue weighted by atomic mass is 16.5. The summed E-state index contributed by atoms with van der Waals surface area (Å²) < 4.78 is 5.63. The van der Waals surface area contributed by atoms with Crippen LogP contribution >= 0.6 is 0 Å². The van der Waals surface area contributed by atoms with Gasteiger partial charge in [-0.25, -0.2) is 4.79 Å². The van der Waals surface area contributed by atoms with E-state index < -0.39 is 36.4 Å². The highest BCUT2D eigenvalue weighted by molar-refractivity contribution is 5.88. The topological polar surface area (TPSA) is 121 Å². The van der Waals surface area contributed by atoms with Crippen molar-refractivity contribution < 1.29 is 34.4 Å². The number of hydrogen-bond donors (Lipinski definition) is 3. The molecule has 0 saturated carbocycles. The quantitative estimate of drug-likeness (QED) is 0.0498. The maximum atomic E-state index is 12.6. The van der Waals surface area contributed by atoms with E-state index in [1.54, 1.807) is 0 Å². The summed E-state index contributed by atoms with van der Waals surface area (Å²) in [4.78, 5) is 35.1. The van der Waals surface area contributed by atoms with Crippen molar-refractivity contribution in [1.29, 1.82) is 0 Å². The van der Waals surface area contributed by atoms with E-state index in [9.17, 15) is 24.6 Å². The number of carboxylic acid groups (broad SMARTS) is 2. The summed E-state index contributed by atoms with van der Waals surface area (Å²) >= 11 is 0. The van der Waals surface area contributed by atoms with Gasteiger partial charge in [0.05, 0.1) is 12.8 Å². The maximum absolute atomic E-state index is 12.6. The number of hydrogen-bond acceptors (Lipinski definition) is 5. The number of esters is 1. The second-order valence-electron chi connectivity index (χ2n) is 12.9. The first kappa shape index (κ1) is 41.4. The molecule has 43 heavy (non-hydrogen) atoms. The van der Waals surface area contributed by atoms with Gasteiger partial charge < -0.3 is 20.1 Å². The van der Waals surface area contributed by atoms with Gasteiger partial charge in [-0.1, -0.05) is 162 Å². The molecule has 0 heterocycles. The number of carbonyl (C=O) groups is 3. The van der Waals surface area contributed by atoms with Crippen molar-refractivity contribution in [3.05, 3.63) is 0 Å². The number of unbranched alkanes of at least 4 members (excludes halogenated alkanes) is 23. The summed E-state index contributed by atoms with van der Waals surface area (Å²) in [5.74, 6) is -4.04. The number of rotatable bonds is 33. The lowest BCUT2D eigenvalue weighted by molar-refractivity contribution is -0.173. The first-order valence-electron chi connectivity index (χ1n) is 18.1. The molecule has 2 atom stereocenters. The van der Waals surface area contributed by atoms with Crippen LogP contribution in [0.3, 0.4) is 0 Å². The number of carboxylic acids is 2. The van der Waals surface area contributed by atoms with Gasteiger partial charge in [-0.15, -0.1) is 0 Å². The zero-order valence-corrected chi connectivity index (χ0v) is 28.1. The Morgan fingerprint density at radius 2 is 0.814 bits per heavy atom. The normalized spacial score (nSPS) is 13.5. The molecule has 0 aromatic heterocycles. The van der Waals surface area contributed by atoms with Gasteiger partial charge in [0, 0.05) is 0 Å². The zero-order chi connectivity index (χ0) is 32.0. The van der Waals surface area contributed by atoms with Crippen LogP contribution in [0.2, 0.25) is 0 Å². The Morgan fingerprint density at radius 1 is 0.512 bits per heavy atom. The Kier molecular flexibility index (Phi) is 28.0. The van der Waals surface area contributed by atoms with Crippen LogP contribution in [0, 0.1) is 0 Å². The van der Waals surface area contributed by atoms with E-state index in [1.807, 2.05) is 0 Å². The van der Waals surface area contributed by atoms with Crippen molar-refractivity contribution in [2.24, 2.45) is 0 Å².